The van der Waals surface area contributed by atoms with Gasteiger partial charge in [0.15, 0.2) is 18.1 Å². The van der Waals surface area contributed by atoms with Gasteiger partial charge in [-0.3, -0.25) is 9.59 Å². The fourth-order valence-electron chi connectivity index (χ4n) is 2.56. The number of methoxy groups -OCH3 is 1. The number of hydrogen-bond acceptors (Lipinski definition) is 5. The van der Waals surface area contributed by atoms with E-state index in [9.17, 15) is 14.7 Å². The second kappa shape index (κ2) is 10.8. The van der Waals surface area contributed by atoms with E-state index in [4.69, 9.17) is 14.2 Å². The van der Waals surface area contributed by atoms with Crippen molar-refractivity contribution in [1.82, 2.24) is 5.32 Å². The molecule has 2 rings (SSSR count). The van der Waals surface area contributed by atoms with Crippen LogP contribution in [0.1, 0.15) is 31.4 Å². The fraction of sp³-hybridized carbons (Fsp3) is 0.333. The summed E-state index contributed by atoms with van der Waals surface area (Å²) >= 11 is 0. The average Bonchev–Trinajstić information content (AvgIpc) is 2.70. The third-order valence-electron chi connectivity index (χ3n) is 3.90. The minimum absolute atomic E-state index is 0.241. The molecule has 0 aliphatic rings. The van der Waals surface area contributed by atoms with Crippen LogP contribution in [0.15, 0.2) is 48.5 Å². The molecule has 150 valence electrons. The number of carboxylic acid groups (broad SMARTS) is 1. The molecule has 0 aromatic heterocycles. The number of carboxylic acids is 1. The Kier molecular flexibility index (Phi) is 8.14. The smallest absolute Gasteiger partial charge is 0.305 e. The quantitative estimate of drug-likeness (QED) is 0.615. The number of amides is 1. The molecule has 0 fully saturated rings. The first-order valence-corrected chi connectivity index (χ1v) is 9.03. The summed E-state index contributed by atoms with van der Waals surface area (Å²) in [5.41, 5.74) is 0.678. The Morgan fingerprint density at radius 1 is 1.04 bits per heavy atom. The summed E-state index contributed by atoms with van der Waals surface area (Å²) in [6.45, 7) is 2.36. The lowest BCUT2D eigenvalue weighted by Gasteiger charge is -2.18. The van der Waals surface area contributed by atoms with Crippen molar-refractivity contribution in [3.05, 3.63) is 54.1 Å². The van der Waals surface area contributed by atoms with Crippen LogP contribution in [0.2, 0.25) is 0 Å². The molecule has 7 nitrogen and oxygen atoms in total. The maximum atomic E-state index is 12.3. The number of carbonyl (C=O) groups is 2. The Morgan fingerprint density at radius 2 is 1.71 bits per heavy atom. The van der Waals surface area contributed by atoms with Crippen LogP contribution in [0.4, 0.5) is 0 Å². The molecule has 0 saturated heterocycles. The Labute approximate surface area is 164 Å². The first-order valence-electron chi connectivity index (χ1n) is 9.03. The fourth-order valence-corrected chi connectivity index (χ4v) is 2.56. The van der Waals surface area contributed by atoms with Gasteiger partial charge >= 0.3 is 5.97 Å². The highest BCUT2D eigenvalue weighted by atomic mass is 16.5. The molecule has 0 spiro atoms. The van der Waals surface area contributed by atoms with E-state index in [0.29, 0.717) is 29.4 Å². The molecule has 0 bridgehead atoms. The molecular formula is C21H25NO6. The molecule has 0 aliphatic heterocycles. The minimum Gasteiger partial charge on any atom is -0.494 e. The molecule has 2 aromatic rings. The monoisotopic (exact) mass is 387 g/mol. The van der Waals surface area contributed by atoms with Gasteiger partial charge in [0.05, 0.1) is 26.2 Å². The Balaban J connectivity index is 2.00. The number of nitrogens with one attached hydrogen (secondary N) is 1. The minimum atomic E-state index is -1.01. The van der Waals surface area contributed by atoms with E-state index in [2.05, 4.69) is 5.32 Å². The molecule has 28 heavy (non-hydrogen) atoms. The summed E-state index contributed by atoms with van der Waals surface area (Å²) in [5, 5.41) is 11.9. The van der Waals surface area contributed by atoms with Crippen LogP contribution in [-0.4, -0.2) is 37.3 Å². The van der Waals surface area contributed by atoms with Gasteiger partial charge in [-0.25, -0.2) is 0 Å². The summed E-state index contributed by atoms with van der Waals surface area (Å²) in [4.78, 5) is 23.5. The van der Waals surface area contributed by atoms with Gasteiger partial charge in [-0.2, -0.15) is 0 Å². The predicted octanol–water partition coefficient (Wildman–Crippen LogP) is 3.20. The van der Waals surface area contributed by atoms with Gasteiger partial charge in [0.25, 0.3) is 5.91 Å². The van der Waals surface area contributed by atoms with Crippen LogP contribution in [0.3, 0.4) is 0 Å². The van der Waals surface area contributed by atoms with Gasteiger partial charge in [-0.05, 0) is 36.2 Å². The first-order chi connectivity index (χ1) is 13.5. The third-order valence-corrected chi connectivity index (χ3v) is 3.90. The zero-order valence-corrected chi connectivity index (χ0v) is 16.0. The number of benzene rings is 2. The molecule has 0 heterocycles. The van der Waals surface area contributed by atoms with Gasteiger partial charge in [0.1, 0.15) is 5.75 Å². The number of rotatable bonds is 11. The van der Waals surface area contributed by atoms with Crippen molar-refractivity contribution in [2.24, 2.45) is 0 Å². The first kappa shape index (κ1) is 21.1. The van der Waals surface area contributed by atoms with Crippen molar-refractivity contribution < 1.29 is 28.9 Å². The zero-order valence-electron chi connectivity index (χ0n) is 16.0. The van der Waals surface area contributed by atoms with Gasteiger partial charge in [0.2, 0.25) is 0 Å². The second-order valence-electron chi connectivity index (χ2n) is 6.07. The lowest BCUT2D eigenvalue weighted by atomic mass is 10.0. The number of para-hydroxylation sites is 2. The SMILES string of the molecule is CCCOc1ccc(C(CC(=O)O)NC(=O)COc2ccccc2OC)cc1. The van der Waals surface area contributed by atoms with E-state index in [0.717, 1.165) is 6.42 Å². The predicted molar refractivity (Wildman–Crippen MR) is 104 cm³/mol. The number of ether oxygens (including phenoxy) is 3. The lowest BCUT2D eigenvalue weighted by molar-refractivity contribution is -0.137. The highest BCUT2D eigenvalue weighted by Gasteiger charge is 2.19. The van der Waals surface area contributed by atoms with Gasteiger partial charge in [-0.1, -0.05) is 31.2 Å². The van der Waals surface area contributed by atoms with Gasteiger partial charge in [-0.15, -0.1) is 0 Å². The summed E-state index contributed by atoms with van der Waals surface area (Å²) in [6.07, 6.45) is 0.654. The molecule has 1 unspecified atom stereocenters. The van der Waals surface area contributed by atoms with Crippen LogP contribution in [0, 0.1) is 0 Å². The summed E-state index contributed by atoms with van der Waals surface area (Å²) in [7, 11) is 1.51. The van der Waals surface area contributed by atoms with Crippen molar-refractivity contribution in [2.75, 3.05) is 20.3 Å². The Hall–Kier alpha value is -3.22. The maximum absolute atomic E-state index is 12.3. The average molecular weight is 387 g/mol. The van der Waals surface area contributed by atoms with Crippen molar-refractivity contribution in [2.45, 2.75) is 25.8 Å². The topological polar surface area (TPSA) is 94.1 Å². The molecule has 1 atom stereocenters. The maximum Gasteiger partial charge on any atom is 0.305 e. The molecule has 0 radical (unpaired) electrons. The van der Waals surface area contributed by atoms with Crippen molar-refractivity contribution >= 4 is 11.9 Å². The van der Waals surface area contributed by atoms with Gasteiger partial charge in [0, 0.05) is 0 Å². The zero-order chi connectivity index (χ0) is 20.4. The van der Waals surface area contributed by atoms with Gasteiger partial charge < -0.3 is 24.6 Å². The van der Waals surface area contributed by atoms with Crippen molar-refractivity contribution in [3.63, 3.8) is 0 Å². The summed E-state index contributed by atoms with van der Waals surface area (Å²) in [5.74, 6) is 0.212. The van der Waals surface area contributed by atoms with Crippen molar-refractivity contribution in [3.8, 4) is 17.2 Å². The molecular weight excluding hydrogens is 362 g/mol. The number of hydrogen-bond donors (Lipinski definition) is 2. The summed E-state index contributed by atoms with van der Waals surface area (Å²) in [6, 6.07) is 13.3. The van der Waals surface area contributed by atoms with E-state index in [1.165, 1.54) is 7.11 Å². The van der Waals surface area contributed by atoms with Crippen LogP contribution in [0.5, 0.6) is 17.2 Å². The molecule has 0 saturated carbocycles. The van der Waals surface area contributed by atoms with E-state index in [1.54, 1.807) is 48.5 Å². The third kappa shape index (κ3) is 6.50. The lowest BCUT2D eigenvalue weighted by Crippen LogP contribution is -2.33. The van der Waals surface area contributed by atoms with E-state index >= 15 is 0 Å². The number of carbonyl (C=O) groups excluding carboxylic acids is 1. The Bertz CT molecular complexity index is 775. The van der Waals surface area contributed by atoms with Crippen LogP contribution < -0.4 is 19.5 Å². The second-order valence-corrected chi connectivity index (χ2v) is 6.07. The van der Waals surface area contributed by atoms with E-state index < -0.39 is 17.9 Å². The molecule has 1 amide bonds. The molecule has 2 aromatic carbocycles. The van der Waals surface area contributed by atoms with Crippen LogP contribution in [-0.2, 0) is 9.59 Å². The van der Waals surface area contributed by atoms with Crippen molar-refractivity contribution in [1.29, 1.82) is 0 Å². The highest BCUT2D eigenvalue weighted by molar-refractivity contribution is 5.79. The van der Waals surface area contributed by atoms with E-state index in [-0.39, 0.29) is 13.0 Å². The molecule has 7 heteroatoms. The van der Waals surface area contributed by atoms with E-state index in [1.807, 2.05) is 6.92 Å². The standard InChI is InChI=1S/C21H25NO6/c1-3-12-27-16-10-8-15(9-11-16)17(13-21(24)25)22-20(23)14-28-19-7-5-4-6-18(19)26-2/h4-11,17H,3,12-14H2,1-2H3,(H,22,23)(H,24,25). The molecule has 2 N–H and O–H groups in total. The van der Waals surface area contributed by atoms with Crippen LogP contribution >= 0.6 is 0 Å². The largest absolute Gasteiger partial charge is 0.494 e. The molecule has 0 aliphatic carbocycles. The van der Waals surface area contributed by atoms with Crippen LogP contribution in [0.25, 0.3) is 0 Å². The summed E-state index contributed by atoms with van der Waals surface area (Å²) < 4.78 is 16.2. The highest BCUT2D eigenvalue weighted by Crippen LogP contribution is 2.26. The normalized spacial score (nSPS) is 11.4. The Morgan fingerprint density at radius 3 is 2.32 bits per heavy atom. The number of aliphatic carboxylic acids is 1.